The number of benzene rings is 2. The second kappa shape index (κ2) is 10.9. The zero-order valence-electron chi connectivity index (χ0n) is 15.9. The van der Waals surface area contributed by atoms with Crippen LogP contribution in [0.3, 0.4) is 0 Å². The molecule has 5 heteroatoms. The van der Waals surface area contributed by atoms with Gasteiger partial charge in [0.2, 0.25) is 11.6 Å². The van der Waals surface area contributed by atoms with E-state index in [2.05, 4.69) is 6.92 Å². The topological polar surface area (TPSA) is 18.5 Å². The van der Waals surface area contributed by atoms with Crippen molar-refractivity contribution < 1.29 is 22.6 Å². The van der Waals surface area contributed by atoms with Crippen LogP contribution in [0.25, 0.3) is 0 Å². The Kier molecular flexibility index (Phi) is 8.49. The molecule has 2 nitrogen and oxygen atoms in total. The molecule has 148 valence electrons. The SMILES string of the molecule is CCCCCc1ccc(C(F)CCOc2ccc(OCC)c(F)c2F)cc1. The number of ether oxygens (including phenoxy) is 2. The maximum atomic E-state index is 14.4. The van der Waals surface area contributed by atoms with E-state index in [1.54, 1.807) is 19.1 Å². The number of hydrogen-bond acceptors (Lipinski definition) is 2. The molecule has 2 aromatic carbocycles. The van der Waals surface area contributed by atoms with Gasteiger partial charge < -0.3 is 9.47 Å². The second-order valence-corrected chi connectivity index (χ2v) is 6.43. The molecule has 1 unspecified atom stereocenters. The highest BCUT2D eigenvalue weighted by Gasteiger charge is 2.16. The third-order valence-electron chi connectivity index (χ3n) is 4.35. The molecule has 0 aromatic heterocycles. The first kappa shape index (κ1) is 21.1. The zero-order chi connectivity index (χ0) is 19.6. The molecule has 0 aliphatic rings. The Morgan fingerprint density at radius 3 is 2.07 bits per heavy atom. The minimum atomic E-state index is -1.22. The van der Waals surface area contributed by atoms with Crippen molar-refractivity contribution in [2.75, 3.05) is 13.2 Å². The standard InChI is InChI=1S/C22H27F3O2/c1-3-5-6-7-16-8-10-17(11-9-16)18(23)14-15-27-20-13-12-19(26-4-2)21(24)22(20)25/h8-13,18H,3-7,14-15H2,1-2H3. The van der Waals surface area contributed by atoms with E-state index in [9.17, 15) is 13.2 Å². The van der Waals surface area contributed by atoms with Crippen molar-refractivity contribution >= 4 is 0 Å². The van der Waals surface area contributed by atoms with Crippen molar-refractivity contribution in [1.29, 1.82) is 0 Å². The third kappa shape index (κ3) is 6.19. The summed E-state index contributed by atoms with van der Waals surface area (Å²) in [6.07, 6.45) is 3.33. The van der Waals surface area contributed by atoms with Gasteiger partial charge in [0.05, 0.1) is 13.2 Å². The van der Waals surface area contributed by atoms with E-state index in [0.717, 1.165) is 12.8 Å². The summed E-state index contributed by atoms with van der Waals surface area (Å²) in [6.45, 7) is 4.02. The Hall–Kier alpha value is -2.17. The highest BCUT2D eigenvalue weighted by molar-refractivity contribution is 5.35. The van der Waals surface area contributed by atoms with Gasteiger partial charge in [-0.15, -0.1) is 0 Å². The van der Waals surface area contributed by atoms with Crippen LogP contribution in [0.15, 0.2) is 36.4 Å². The van der Waals surface area contributed by atoms with Gasteiger partial charge in [0.1, 0.15) is 6.17 Å². The molecule has 0 aliphatic carbocycles. The van der Waals surface area contributed by atoms with Crippen LogP contribution in [0.1, 0.15) is 56.8 Å². The van der Waals surface area contributed by atoms with Crippen molar-refractivity contribution in [3.63, 3.8) is 0 Å². The van der Waals surface area contributed by atoms with Gasteiger partial charge in [-0.3, -0.25) is 0 Å². The van der Waals surface area contributed by atoms with Crippen molar-refractivity contribution in [3.8, 4) is 11.5 Å². The molecular weight excluding hydrogens is 353 g/mol. The summed E-state index contributed by atoms with van der Waals surface area (Å²) in [5.74, 6) is -2.61. The van der Waals surface area contributed by atoms with Crippen LogP contribution in [0.2, 0.25) is 0 Å². The van der Waals surface area contributed by atoms with Gasteiger partial charge in [0.15, 0.2) is 11.5 Å². The lowest BCUT2D eigenvalue weighted by Gasteiger charge is -2.13. The monoisotopic (exact) mass is 380 g/mol. The van der Waals surface area contributed by atoms with E-state index in [1.165, 1.54) is 30.5 Å². The van der Waals surface area contributed by atoms with Gasteiger partial charge in [-0.05, 0) is 43.0 Å². The first-order valence-corrected chi connectivity index (χ1v) is 9.53. The van der Waals surface area contributed by atoms with Crippen molar-refractivity contribution in [3.05, 3.63) is 59.2 Å². The molecule has 0 saturated carbocycles. The van der Waals surface area contributed by atoms with Crippen LogP contribution in [-0.2, 0) is 6.42 Å². The molecule has 0 bridgehead atoms. The molecule has 0 fully saturated rings. The van der Waals surface area contributed by atoms with E-state index >= 15 is 0 Å². The lowest BCUT2D eigenvalue weighted by atomic mass is 10.0. The van der Waals surface area contributed by atoms with Gasteiger partial charge in [-0.2, -0.15) is 8.78 Å². The summed E-state index contributed by atoms with van der Waals surface area (Å²) in [4.78, 5) is 0. The smallest absolute Gasteiger partial charge is 0.204 e. The maximum Gasteiger partial charge on any atom is 0.204 e. The average molecular weight is 380 g/mol. The first-order valence-electron chi connectivity index (χ1n) is 9.53. The Morgan fingerprint density at radius 1 is 0.852 bits per heavy atom. The fraction of sp³-hybridized carbons (Fsp3) is 0.455. The van der Waals surface area contributed by atoms with Gasteiger partial charge in [-0.25, -0.2) is 4.39 Å². The summed E-state index contributed by atoms with van der Waals surface area (Å²) in [7, 11) is 0. The van der Waals surface area contributed by atoms with E-state index in [0.29, 0.717) is 5.56 Å². The summed E-state index contributed by atoms with van der Waals surface area (Å²) in [6, 6.07) is 10.1. The van der Waals surface area contributed by atoms with Gasteiger partial charge in [-0.1, -0.05) is 44.0 Å². The van der Waals surface area contributed by atoms with E-state index in [-0.39, 0.29) is 31.1 Å². The molecule has 0 heterocycles. The molecule has 0 radical (unpaired) electrons. The second-order valence-electron chi connectivity index (χ2n) is 6.43. The highest BCUT2D eigenvalue weighted by atomic mass is 19.2. The number of aryl methyl sites for hydroxylation is 1. The van der Waals surface area contributed by atoms with E-state index in [1.807, 2.05) is 12.1 Å². The van der Waals surface area contributed by atoms with Crippen LogP contribution in [0.4, 0.5) is 13.2 Å². The van der Waals surface area contributed by atoms with Crippen LogP contribution in [0, 0.1) is 11.6 Å². The summed E-state index contributed by atoms with van der Waals surface area (Å²) >= 11 is 0. The molecule has 1 atom stereocenters. The maximum absolute atomic E-state index is 14.4. The summed E-state index contributed by atoms with van der Waals surface area (Å²) in [5.41, 5.74) is 1.76. The van der Waals surface area contributed by atoms with Gasteiger partial charge in [0, 0.05) is 6.42 Å². The quantitative estimate of drug-likeness (QED) is 0.410. The number of unbranched alkanes of at least 4 members (excludes halogenated alkanes) is 2. The fourth-order valence-electron chi connectivity index (χ4n) is 2.80. The van der Waals surface area contributed by atoms with Crippen molar-refractivity contribution in [1.82, 2.24) is 0 Å². The van der Waals surface area contributed by atoms with Gasteiger partial charge in [0.25, 0.3) is 0 Å². The molecule has 0 amide bonds. The normalized spacial score (nSPS) is 12.0. The lowest BCUT2D eigenvalue weighted by molar-refractivity contribution is 0.227. The third-order valence-corrected chi connectivity index (χ3v) is 4.35. The predicted molar refractivity (Wildman–Crippen MR) is 101 cm³/mol. The largest absolute Gasteiger partial charge is 0.491 e. The molecule has 0 spiro atoms. The van der Waals surface area contributed by atoms with Gasteiger partial charge >= 0.3 is 0 Å². The van der Waals surface area contributed by atoms with Crippen molar-refractivity contribution in [2.24, 2.45) is 0 Å². The van der Waals surface area contributed by atoms with E-state index in [4.69, 9.17) is 9.47 Å². The fourth-order valence-corrected chi connectivity index (χ4v) is 2.80. The lowest BCUT2D eigenvalue weighted by Crippen LogP contribution is -2.05. The number of hydrogen-bond donors (Lipinski definition) is 0. The Labute approximate surface area is 159 Å². The molecule has 0 aliphatic heterocycles. The highest BCUT2D eigenvalue weighted by Crippen LogP contribution is 2.28. The van der Waals surface area contributed by atoms with Crippen LogP contribution in [-0.4, -0.2) is 13.2 Å². The zero-order valence-corrected chi connectivity index (χ0v) is 15.9. The van der Waals surface area contributed by atoms with E-state index < -0.39 is 17.8 Å². The number of halogens is 3. The Balaban J connectivity index is 1.85. The summed E-state index contributed by atoms with van der Waals surface area (Å²) in [5, 5.41) is 0. The molecular formula is C22H27F3O2. The molecule has 2 rings (SSSR count). The predicted octanol–water partition coefficient (Wildman–Crippen LogP) is 6.58. The minimum Gasteiger partial charge on any atom is -0.491 e. The molecule has 2 aromatic rings. The number of rotatable bonds is 11. The molecule has 0 N–H and O–H groups in total. The molecule has 27 heavy (non-hydrogen) atoms. The number of alkyl halides is 1. The molecule has 0 saturated heterocycles. The average Bonchev–Trinajstić information content (AvgIpc) is 2.68. The van der Waals surface area contributed by atoms with Crippen LogP contribution >= 0.6 is 0 Å². The van der Waals surface area contributed by atoms with Crippen molar-refractivity contribution in [2.45, 2.75) is 52.1 Å². The Bertz CT molecular complexity index is 701. The summed E-state index contributed by atoms with van der Waals surface area (Å²) < 4.78 is 52.3. The van der Waals surface area contributed by atoms with Crippen LogP contribution < -0.4 is 9.47 Å². The first-order chi connectivity index (χ1) is 13.1. The Morgan fingerprint density at radius 2 is 1.48 bits per heavy atom. The van der Waals surface area contributed by atoms with Crippen LogP contribution in [0.5, 0.6) is 11.5 Å². The minimum absolute atomic E-state index is 0.0518.